The molecule has 0 radical (unpaired) electrons. The third-order valence-corrected chi connectivity index (χ3v) is 3.62. The second-order valence-corrected chi connectivity index (χ2v) is 5.26. The molecule has 0 spiro atoms. The number of carbonyl (C=O) groups is 1. The van der Waals surface area contributed by atoms with Crippen molar-refractivity contribution in [3.63, 3.8) is 0 Å². The molecule has 0 bridgehead atoms. The molecule has 1 atom stereocenters. The molecule has 1 aliphatic rings. The van der Waals surface area contributed by atoms with Crippen molar-refractivity contribution in [1.82, 2.24) is 0 Å². The van der Waals surface area contributed by atoms with Gasteiger partial charge in [0.25, 0.3) is 0 Å². The summed E-state index contributed by atoms with van der Waals surface area (Å²) in [6.45, 7) is 6.21. The fourth-order valence-corrected chi connectivity index (χ4v) is 2.44. The molecule has 1 aliphatic carbocycles. The van der Waals surface area contributed by atoms with Crippen molar-refractivity contribution in [1.29, 1.82) is 0 Å². The van der Waals surface area contributed by atoms with E-state index in [4.69, 9.17) is 0 Å². The number of hydrogen-bond acceptors (Lipinski definition) is 1. The van der Waals surface area contributed by atoms with E-state index in [1.54, 1.807) is 0 Å². The van der Waals surface area contributed by atoms with Crippen LogP contribution >= 0.6 is 0 Å². The SMILES string of the molecule is CC(C)=C1CC[C@H](C)/C(=C/c2ccccc2)C1=O. The summed E-state index contributed by atoms with van der Waals surface area (Å²) in [5.74, 6) is 0.610. The summed E-state index contributed by atoms with van der Waals surface area (Å²) < 4.78 is 0. The van der Waals surface area contributed by atoms with Gasteiger partial charge in [-0.25, -0.2) is 0 Å². The summed E-state index contributed by atoms with van der Waals surface area (Å²) in [4.78, 5) is 12.5. The lowest BCUT2D eigenvalue weighted by Gasteiger charge is -2.24. The van der Waals surface area contributed by atoms with Crippen LogP contribution in [0.1, 0.15) is 39.2 Å². The molecule has 1 nitrogen and oxygen atoms in total. The molecule has 0 aromatic heterocycles. The lowest BCUT2D eigenvalue weighted by molar-refractivity contribution is -0.113. The van der Waals surface area contributed by atoms with Crippen molar-refractivity contribution in [3.8, 4) is 0 Å². The first-order chi connectivity index (χ1) is 8.59. The number of benzene rings is 1. The van der Waals surface area contributed by atoms with Crippen LogP contribution in [0.5, 0.6) is 0 Å². The third-order valence-electron chi connectivity index (χ3n) is 3.62. The minimum Gasteiger partial charge on any atom is -0.289 e. The Balaban J connectivity index is 2.39. The van der Waals surface area contributed by atoms with E-state index in [0.717, 1.165) is 35.1 Å². The van der Waals surface area contributed by atoms with Gasteiger partial charge in [-0.05, 0) is 49.8 Å². The highest BCUT2D eigenvalue weighted by Gasteiger charge is 2.26. The molecule has 0 unspecified atom stereocenters. The van der Waals surface area contributed by atoms with E-state index in [0.29, 0.717) is 5.92 Å². The Morgan fingerprint density at radius 2 is 1.89 bits per heavy atom. The van der Waals surface area contributed by atoms with Gasteiger partial charge in [0.05, 0.1) is 0 Å². The first-order valence-electron chi connectivity index (χ1n) is 6.57. The number of hydrogen-bond donors (Lipinski definition) is 0. The number of allylic oxidation sites excluding steroid dienone is 3. The van der Waals surface area contributed by atoms with Gasteiger partial charge in [-0.2, -0.15) is 0 Å². The highest BCUT2D eigenvalue weighted by molar-refractivity contribution is 6.12. The van der Waals surface area contributed by atoms with Crippen LogP contribution in [0, 0.1) is 5.92 Å². The molecular weight excluding hydrogens is 220 g/mol. The van der Waals surface area contributed by atoms with E-state index in [-0.39, 0.29) is 5.78 Å². The molecule has 1 aromatic carbocycles. The minimum atomic E-state index is 0.248. The summed E-state index contributed by atoms with van der Waals surface area (Å²) in [5, 5.41) is 0. The van der Waals surface area contributed by atoms with Crippen LogP contribution in [0.4, 0.5) is 0 Å². The van der Waals surface area contributed by atoms with Crippen LogP contribution in [0.25, 0.3) is 6.08 Å². The number of carbonyl (C=O) groups excluding carboxylic acids is 1. The second-order valence-electron chi connectivity index (χ2n) is 5.26. The molecule has 0 amide bonds. The Labute approximate surface area is 109 Å². The quantitative estimate of drug-likeness (QED) is 0.665. The van der Waals surface area contributed by atoms with E-state index < -0.39 is 0 Å². The first-order valence-corrected chi connectivity index (χ1v) is 6.57. The van der Waals surface area contributed by atoms with Crippen molar-refractivity contribution >= 4 is 11.9 Å². The van der Waals surface area contributed by atoms with E-state index in [1.807, 2.05) is 44.2 Å². The average molecular weight is 240 g/mol. The fourth-order valence-electron chi connectivity index (χ4n) is 2.44. The zero-order valence-electron chi connectivity index (χ0n) is 11.4. The van der Waals surface area contributed by atoms with Crippen molar-refractivity contribution in [3.05, 3.63) is 52.6 Å². The van der Waals surface area contributed by atoms with Crippen LogP contribution in [-0.4, -0.2) is 5.78 Å². The highest BCUT2D eigenvalue weighted by Crippen LogP contribution is 2.32. The van der Waals surface area contributed by atoms with Crippen LogP contribution < -0.4 is 0 Å². The molecular formula is C17H20O. The van der Waals surface area contributed by atoms with E-state index >= 15 is 0 Å². The molecule has 1 fully saturated rings. The highest BCUT2D eigenvalue weighted by atomic mass is 16.1. The molecule has 1 heteroatoms. The Hall–Kier alpha value is -1.63. The zero-order valence-corrected chi connectivity index (χ0v) is 11.4. The topological polar surface area (TPSA) is 17.1 Å². The Bertz CT molecular complexity index is 502. The van der Waals surface area contributed by atoms with E-state index in [1.165, 1.54) is 0 Å². The maximum atomic E-state index is 12.5. The number of rotatable bonds is 1. The summed E-state index contributed by atoms with van der Waals surface area (Å²) in [6.07, 6.45) is 4.05. The van der Waals surface area contributed by atoms with Crippen LogP contribution in [-0.2, 0) is 4.79 Å². The predicted octanol–water partition coefficient (Wildman–Crippen LogP) is 4.41. The molecule has 0 heterocycles. The van der Waals surface area contributed by atoms with Crippen LogP contribution in [0.15, 0.2) is 47.1 Å². The monoisotopic (exact) mass is 240 g/mol. The molecule has 1 aromatic rings. The molecule has 18 heavy (non-hydrogen) atoms. The molecule has 0 saturated heterocycles. The Morgan fingerprint density at radius 1 is 1.22 bits per heavy atom. The summed E-state index contributed by atoms with van der Waals surface area (Å²) in [5.41, 5.74) is 4.24. The van der Waals surface area contributed by atoms with Crippen molar-refractivity contribution in [2.45, 2.75) is 33.6 Å². The van der Waals surface area contributed by atoms with Gasteiger partial charge in [0.1, 0.15) is 0 Å². The lowest BCUT2D eigenvalue weighted by atomic mass is 9.79. The maximum Gasteiger partial charge on any atom is 0.185 e. The first kappa shape index (κ1) is 12.8. The molecule has 0 N–H and O–H groups in total. The van der Waals surface area contributed by atoms with Gasteiger partial charge in [-0.15, -0.1) is 0 Å². The Morgan fingerprint density at radius 3 is 2.50 bits per heavy atom. The minimum absolute atomic E-state index is 0.248. The molecule has 0 aliphatic heterocycles. The van der Waals surface area contributed by atoms with Crippen molar-refractivity contribution in [2.24, 2.45) is 5.92 Å². The van der Waals surface area contributed by atoms with Gasteiger partial charge < -0.3 is 0 Å². The smallest absolute Gasteiger partial charge is 0.185 e. The van der Waals surface area contributed by atoms with Gasteiger partial charge >= 0.3 is 0 Å². The molecule has 2 rings (SSSR count). The largest absolute Gasteiger partial charge is 0.289 e. The van der Waals surface area contributed by atoms with E-state index in [2.05, 4.69) is 13.0 Å². The second kappa shape index (κ2) is 5.34. The summed E-state index contributed by atoms with van der Waals surface area (Å²) in [6, 6.07) is 10.1. The lowest BCUT2D eigenvalue weighted by Crippen LogP contribution is -2.20. The molecule has 1 saturated carbocycles. The maximum absolute atomic E-state index is 12.5. The van der Waals surface area contributed by atoms with Gasteiger partial charge in [-0.3, -0.25) is 4.79 Å². The van der Waals surface area contributed by atoms with Crippen LogP contribution in [0.3, 0.4) is 0 Å². The number of ketones is 1. The molecule has 94 valence electrons. The fraction of sp³-hybridized carbons (Fsp3) is 0.353. The normalized spacial score (nSPS) is 22.4. The van der Waals surface area contributed by atoms with Crippen molar-refractivity contribution in [2.75, 3.05) is 0 Å². The third kappa shape index (κ3) is 2.61. The zero-order chi connectivity index (χ0) is 13.1. The summed E-state index contributed by atoms with van der Waals surface area (Å²) in [7, 11) is 0. The van der Waals surface area contributed by atoms with Crippen LogP contribution in [0.2, 0.25) is 0 Å². The number of Topliss-reactive ketones (excluding diaryl/α,β-unsaturated/α-hetero) is 1. The van der Waals surface area contributed by atoms with Gasteiger partial charge in [0.2, 0.25) is 0 Å². The Kier molecular flexibility index (Phi) is 3.81. The van der Waals surface area contributed by atoms with Gasteiger partial charge in [-0.1, -0.05) is 42.8 Å². The standard InChI is InChI=1S/C17H20O/c1-12(2)15-10-9-13(3)16(17(15)18)11-14-7-5-4-6-8-14/h4-8,11,13H,9-10H2,1-3H3/b16-11-/t13-/m0/s1. The average Bonchev–Trinajstić information content (AvgIpc) is 2.35. The predicted molar refractivity (Wildman–Crippen MR) is 76.2 cm³/mol. The van der Waals surface area contributed by atoms with Gasteiger partial charge in [0, 0.05) is 5.57 Å². The van der Waals surface area contributed by atoms with E-state index in [9.17, 15) is 4.79 Å². The van der Waals surface area contributed by atoms with Crippen molar-refractivity contribution < 1.29 is 4.79 Å². The van der Waals surface area contributed by atoms with Gasteiger partial charge in [0.15, 0.2) is 5.78 Å². The summed E-state index contributed by atoms with van der Waals surface area (Å²) >= 11 is 0.